The van der Waals surface area contributed by atoms with Crippen molar-refractivity contribution in [1.82, 2.24) is 14.6 Å². The normalized spacial score (nSPS) is 20.3. The van der Waals surface area contributed by atoms with Crippen LogP contribution < -0.4 is 5.73 Å². The number of nitrogen functional groups attached to an aromatic ring is 1. The van der Waals surface area contributed by atoms with E-state index in [-0.39, 0.29) is 48.0 Å². The number of fused-ring (bicyclic) bond motifs is 1. The minimum atomic E-state index is -4.11. The first-order valence-corrected chi connectivity index (χ1v) is 16.3. The van der Waals surface area contributed by atoms with Crippen LogP contribution in [0, 0.1) is 10.8 Å². The Morgan fingerprint density at radius 3 is 2.20 bits per heavy atom. The van der Waals surface area contributed by atoms with Gasteiger partial charge in [0.25, 0.3) is 0 Å². The van der Waals surface area contributed by atoms with Gasteiger partial charge in [-0.1, -0.05) is 65.1 Å². The maximum absolute atomic E-state index is 13.5. The zero-order valence-corrected chi connectivity index (χ0v) is 26.2. The summed E-state index contributed by atoms with van der Waals surface area (Å²) in [6.45, 7) is 10.5. The molecule has 0 aliphatic carbocycles. The number of rotatable bonds is 12. The summed E-state index contributed by atoms with van der Waals surface area (Å²) < 4.78 is 37.7. The van der Waals surface area contributed by atoms with Gasteiger partial charge in [-0.25, -0.2) is 14.1 Å². The molecule has 3 N–H and O–H groups in total. The van der Waals surface area contributed by atoms with Crippen LogP contribution in [-0.4, -0.2) is 73.5 Å². The van der Waals surface area contributed by atoms with Gasteiger partial charge in [0.2, 0.25) is 0 Å². The molecular formula is C25H39N4O8PS2. The van der Waals surface area contributed by atoms with Crippen LogP contribution in [0.25, 0.3) is 5.52 Å². The summed E-state index contributed by atoms with van der Waals surface area (Å²) >= 11 is 2.14. The highest BCUT2D eigenvalue weighted by Crippen LogP contribution is 2.50. The average Bonchev–Trinajstić information content (AvgIpc) is 3.46. The lowest BCUT2D eigenvalue weighted by atomic mass is 9.99. The van der Waals surface area contributed by atoms with Crippen LogP contribution in [0.15, 0.2) is 18.5 Å². The van der Waals surface area contributed by atoms with E-state index in [9.17, 15) is 19.3 Å². The van der Waals surface area contributed by atoms with Gasteiger partial charge >= 0.3 is 7.82 Å². The largest absolute Gasteiger partial charge is 0.474 e. The highest BCUT2D eigenvalue weighted by molar-refractivity contribution is 8.14. The van der Waals surface area contributed by atoms with E-state index >= 15 is 0 Å². The van der Waals surface area contributed by atoms with Crippen LogP contribution in [-0.2, 0) is 32.5 Å². The minimum Gasteiger partial charge on any atom is -0.390 e. The number of aliphatic hydroxyl groups excluding tert-OH is 1. The summed E-state index contributed by atoms with van der Waals surface area (Å²) in [5.41, 5.74) is 6.17. The number of aliphatic hydroxyl groups is 1. The molecule has 0 bridgehead atoms. The molecule has 15 heteroatoms. The Hall–Kier alpha value is -1.51. The topological polar surface area (TPSA) is 165 Å². The Morgan fingerprint density at radius 1 is 1.07 bits per heavy atom. The van der Waals surface area contributed by atoms with Crippen LogP contribution >= 0.6 is 31.3 Å². The van der Waals surface area contributed by atoms with Crippen LogP contribution in [0.4, 0.5) is 5.82 Å². The van der Waals surface area contributed by atoms with E-state index in [1.165, 1.54) is 6.33 Å². The van der Waals surface area contributed by atoms with Crippen molar-refractivity contribution in [3.05, 3.63) is 24.2 Å². The van der Waals surface area contributed by atoms with Crippen LogP contribution in [0.2, 0.25) is 0 Å². The molecule has 40 heavy (non-hydrogen) atoms. The molecule has 0 spiro atoms. The van der Waals surface area contributed by atoms with Crippen molar-refractivity contribution in [1.29, 1.82) is 0 Å². The summed E-state index contributed by atoms with van der Waals surface area (Å²) in [4.78, 5) is 28.4. The fourth-order valence-corrected chi connectivity index (χ4v) is 6.56. The Morgan fingerprint density at radius 2 is 1.65 bits per heavy atom. The molecule has 2 aromatic rings. The van der Waals surface area contributed by atoms with Crippen molar-refractivity contribution in [3.63, 3.8) is 0 Å². The fraction of sp³-hybridized carbons (Fsp3) is 0.680. The molecule has 224 valence electrons. The number of thioether (sulfide) groups is 2. The molecule has 0 radical (unpaired) electrons. The second kappa shape index (κ2) is 13.6. The van der Waals surface area contributed by atoms with Gasteiger partial charge in [-0.15, -0.1) is 0 Å². The SMILES string of the molecule is CC(C)(C)C(=O)SCCOP(=O)(OCCSC(=O)C(C)(C)C)OC[C@H]1O[C@@H](c2ccc3c(N)ncnn23)C[C@@H]1O. The van der Waals surface area contributed by atoms with Crippen LogP contribution in [0.1, 0.15) is 59.8 Å². The number of hydrogen-bond acceptors (Lipinski definition) is 13. The number of aromatic nitrogens is 3. The third kappa shape index (κ3) is 8.99. The van der Waals surface area contributed by atoms with Crippen molar-refractivity contribution in [2.24, 2.45) is 10.8 Å². The van der Waals surface area contributed by atoms with Crippen molar-refractivity contribution < 1.29 is 37.6 Å². The molecule has 1 fully saturated rings. The van der Waals surface area contributed by atoms with Crippen molar-refractivity contribution in [2.45, 2.75) is 66.3 Å². The van der Waals surface area contributed by atoms with E-state index in [0.29, 0.717) is 17.0 Å². The Labute approximate surface area is 243 Å². The van der Waals surface area contributed by atoms with E-state index in [1.807, 2.05) is 41.5 Å². The Balaban J connectivity index is 1.60. The van der Waals surface area contributed by atoms with Crippen LogP contribution in [0.3, 0.4) is 0 Å². The fourth-order valence-electron chi connectivity index (χ4n) is 3.56. The van der Waals surface area contributed by atoms with E-state index in [1.54, 1.807) is 16.6 Å². The zero-order chi connectivity index (χ0) is 29.7. The number of anilines is 1. The molecule has 0 unspecified atom stereocenters. The third-order valence-corrected chi connectivity index (χ3v) is 9.77. The second-order valence-electron chi connectivity index (χ2n) is 11.3. The van der Waals surface area contributed by atoms with Gasteiger partial charge in [0.05, 0.1) is 31.6 Å². The number of nitrogens with zero attached hydrogens (tertiary/aromatic N) is 3. The van der Waals surface area contributed by atoms with Crippen molar-refractivity contribution in [3.8, 4) is 0 Å². The molecule has 0 saturated carbocycles. The minimum absolute atomic E-state index is 0.0247. The summed E-state index contributed by atoms with van der Waals surface area (Å²) in [5, 5.41) is 14.8. The van der Waals surface area contributed by atoms with Gasteiger partial charge in [-0.2, -0.15) is 5.10 Å². The molecule has 2 aromatic heterocycles. The number of hydrogen-bond donors (Lipinski definition) is 2. The van der Waals surface area contributed by atoms with Crippen molar-refractivity contribution >= 4 is 52.9 Å². The number of carbonyl (C=O) groups is 2. The lowest BCUT2D eigenvalue weighted by molar-refractivity contribution is -0.118. The van der Waals surface area contributed by atoms with Crippen molar-refractivity contribution in [2.75, 3.05) is 37.1 Å². The highest BCUT2D eigenvalue weighted by atomic mass is 32.2. The first-order chi connectivity index (χ1) is 18.6. The molecule has 3 heterocycles. The number of ether oxygens (including phenoxy) is 1. The molecule has 3 rings (SSSR count). The van der Waals surface area contributed by atoms with E-state index in [0.717, 1.165) is 23.5 Å². The summed E-state index contributed by atoms with van der Waals surface area (Å²) in [7, 11) is -4.11. The predicted octanol–water partition coefficient (Wildman–Crippen LogP) is 4.27. The highest BCUT2D eigenvalue weighted by Gasteiger charge is 2.39. The second-order valence-corrected chi connectivity index (χ2v) is 15.2. The number of nitrogens with two attached hydrogens (primary N) is 1. The van der Waals surface area contributed by atoms with Gasteiger partial charge < -0.3 is 15.6 Å². The average molecular weight is 619 g/mol. The molecule has 1 aliphatic heterocycles. The van der Waals surface area contributed by atoms with E-state index in [4.69, 9.17) is 24.0 Å². The lowest BCUT2D eigenvalue weighted by Gasteiger charge is -2.22. The van der Waals surface area contributed by atoms with Gasteiger partial charge in [0, 0.05) is 28.8 Å². The Bertz CT molecular complexity index is 1190. The molecule has 0 aromatic carbocycles. The van der Waals surface area contributed by atoms with Gasteiger partial charge in [-0.3, -0.25) is 23.2 Å². The van der Waals surface area contributed by atoms with Gasteiger partial charge in [0.15, 0.2) is 16.0 Å². The first kappa shape index (κ1) is 33.0. The first-order valence-electron chi connectivity index (χ1n) is 12.9. The van der Waals surface area contributed by atoms with E-state index in [2.05, 4.69) is 10.1 Å². The number of phosphoric ester groups is 1. The molecular weight excluding hydrogens is 579 g/mol. The molecule has 0 amide bonds. The van der Waals surface area contributed by atoms with Gasteiger partial charge in [-0.05, 0) is 12.1 Å². The predicted molar refractivity (Wildman–Crippen MR) is 155 cm³/mol. The smallest absolute Gasteiger partial charge is 0.390 e. The molecule has 1 aliphatic rings. The van der Waals surface area contributed by atoms with Crippen LogP contribution in [0.5, 0.6) is 0 Å². The third-order valence-electron chi connectivity index (χ3n) is 5.82. The molecule has 12 nitrogen and oxygen atoms in total. The number of carbonyl (C=O) groups excluding carboxylic acids is 2. The number of phosphoric acid groups is 1. The zero-order valence-electron chi connectivity index (χ0n) is 23.7. The van der Waals surface area contributed by atoms with E-state index < -0.39 is 37.0 Å². The standard InChI is InChI=1S/C25H39N4O8PS2/c1-24(2,3)22(31)39-11-9-34-38(33,35-10-12-40-23(32)25(4,5)6)36-14-20-18(30)13-19(37-20)16-7-8-17-21(26)27-15-28-29(16)17/h7-8,15,18-20,30H,9-14H2,1-6H3,(H2,26,27,28)/t18-,19+,20+/m0/s1. The summed E-state index contributed by atoms with van der Waals surface area (Å²) in [6, 6.07) is 3.57. The Kier molecular flexibility index (Phi) is 11.3. The summed E-state index contributed by atoms with van der Waals surface area (Å²) in [5.74, 6) is 0.821. The molecule has 1 saturated heterocycles. The monoisotopic (exact) mass is 618 g/mol. The summed E-state index contributed by atoms with van der Waals surface area (Å²) in [6.07, 6.45) is -0.648. The maximum atomic E-state index is 13.5. The molecule has 3 atom stereocenters. The lowest BCUT2D eigenvalue weighted by Crippen LogP contribution is -2.26. The quantitative estimate of drug-likeness (QED) is 0.256. The van der Waals surface area contributed by atoms with Gasteiger partial charge in [0.1, 0.15) is 24.1 Å². The maximum Gasteiger partial charge on any atom is 0.474 e.